The first-order valence-electron chi connectivity index (χ1n) is 7.64. The molecule has 1 aliphatic heterocycles. The maximum atomic E-state index is 12.4. The summed E-state index contributed by atoms with van der Waals surface area (Å²) in [7, 11) is 0. The second kappa shape index (κ2) is 5.60. The number of Topliss-reactive ketones (excluding diaryl/α,β-unsaturated/α-hetero) is 1. The van der Waals surface area contributed by atoms with Crippen LogP contribution in [-0.4, -0.2) is 30.4 Å². The molecule has 21 heavy (non-hydrogen) atoms. The quantitative estimate of drug-likeness (QED) is 0.850. The summed E-state index contributed by atoms with van der Waals surface area (Å²) >= 11 is 0. The third-order valence-electron chi connectivity index (χ3n) is 4.40. The Bertz CT molecular complexity index is 573. The summed E-state index contributed by atoms with van der Waals surface area (Å²) in [6.07, 6.45) is 4.28. The lowest BCUT2D eigenvalue weighted by molar-refractivity contribution is 0.0888. The molecule has 4 nitrogen and oxygen atoms in total. The van der Waals surface area contributed by atoms with Crippen molar-refractivity contribution in [2.24, 2.45) is 0 Å². The molecule has 1 N–H and O–H groups in total. The van der Waals surface area contributed by atoms with Gasteiger partial charge < -0.3 is 10.1 Å². The zero-order valence-electron chi connectivity index (χ0n) is 12.4. The van der Waals surface area contributed by atoms with E-state index in [0.29, 0.717) is 25.2 Å². The second-order valence-electron chi connectivity index (χ2n) is 6.32. The first-order valence-corrected chi connectivity index (χ1v) is 7.64. The molecule has 2 aliphatic rings. The third kappa shape index (κ3) is 3.00. The van der Waals surface area contributed by atoms with Crippen LogP contribution in [0.5, 0.6) is 0 Å². The molecule has 0 bridgehead atoms. The lowest BCUT2D eigenvalue weighted by Gasteiger charge is -2.23. The van der Waals surface area contributed by atoms with Gasteiger partial charge in [-0.2, -0.15) is 0 Å². The number of nitrogens with one attached hydrogen (secondary N) is 1. The van der Waals surface area contributed by atoms with Crippen molar-refractivity contribution in [1.29, 1.82) is 0 Å². The van der Waals surface area contributed by atoms with Gasteiger partial charge in [0.15, 0.2) is 5.78 Å². The summed E-state index contributed by atoms with van der Waals surface area (Å²) in [4.78, 5) is 24.4. The molecule has 4 heteroatoms. The Balaban J connectivity index is 1.81. The van der Waals surface area contributed by atoms with Crippen LogP contribution in [0.1, 0.15) is 58.9 Å². The van der Waals surface area contributed by atoms with E-state index in [1.165, 1.54) is 0 Å². The van der Waals surface area contributed by atoms with Crippen molar-refractivity contribution < 1.29 is 14.3 Å². The average molecular weight is 287 g/mol. The van der Waals surface area contributed by atoms with Crippen LogP contribution >= 0.6 is 0 Å². The number of rotatable bonds is 2. The van der Waals surface area contributed by atoms with Gasteiger partial charge in [-0.1, -0.05) is 6.07 Å². The Labute approximate surface area is 124 Å². The van der Waals surface area contributed by atoms with E-state index in [1.54, 1.807) is 6.07 Å². The average Bonchev–Trinajstić information content (AvgIpc) is 2.80. The number of fused-ring (bicyclic) bond motifs is 1. The van der Waals surface area contributed by atoms with Crippen molar-refractivity contribution in [3.05, 3.63) is 34.9 Å². The highest BCUT2D eigenvalue weighted by Gasteiger charge is 2.31. The fourth-order valence-electron chi connectivity index (χ4n) is 3.06. The summed E-state index contributed by atoms with van der Waals surface area (Å²) in [5.41, 5.74) is 2.16. The molecule has 1 atom stereocenters. The predicted molar refractivity (Wildman–Crippen MR) is 79.6 cm³/mol. The van der Waals surface area contributed by atoms with E-state index in [1.807, 2.05) is 19.1 Å². The third-order valence-corrected chi connectivity index (χ3v) is 4.40. The molecular weight excluding hydrogens is 266 g/mol. The lowest BCUT2D eigenvalue weighted by Crippen LogP contribution is -2.46. The summed E-state index contributed by atoms with van der Waals surface area (Å²) in [5.74, 6) is 0.119. The highest BCUT2D eigenvalue weighted by Crippen LogP contribution is 2.23. The molecule has 1 fully saturated rings. The van der Waals surface area contributed by atoms with E-state index in [9.17, 15) is 9.59 Å². The second-order valence-corrected chi connectivity index (χ2v) is 6.32. The van der Waals surface area contributed by atoms with Gasteiger partial charge in [0.2, 0.25) is 0 Å². The largest absolute Gasteiger partial charge is 0.379 e. The van der Waals surface area contributed by atoms with Gasteiger partial charge >= 0.3 is 0 Å². The summed E-state index contributed by atoms with van der Waals surface area (Å²) in [6.45, 7) is 3.25. The predicted octanol–water partition coefficient (Wildman–Crippen LogP) is 2.50. The molecule has 1 aromatic carbocycles. The van der Waals surface area contributed by atoms with Crippen LogP contribution in [0.25, 0.3) is 0 Å². The van der Waals surface area contributed by atoms with Crippen LogP contribution in [0.15, 0.2) is 18.2 Å². The molecule has 0 aromatic heterocycles. The van der Waals surface area contributed by atoms with Crippen molar-refractivity contribution in [1.82, 2.24) is 5.32 Å². The highest BCUT2D eigenvalue weighted by atomic mass is 16.5. The van der Waals surface area contributed by atoms with Gasteiger partial charge in [-0.15, -0.1) is 0 Å². The van der Waals surface area contributed by atoms with Gasteiger partial charge in [-0.25, -0.2) is 0 Å². The number of benzene rings is 1. The van der Waals surface area contributed by atoms with E-state index in [0.717, 1.165) is 36.8 Å². The molecule has 1 aliphatic carbocycles. The Morgan fingerprint density at radius 3 is 2.86 bits per heavy atom. The lowest BCUT2D eigenvalue weighted by atomic mass is 9.97. The Kier molecular flexibility index (Phi) is 3.81. The molecule has 0 saturated carbocycles. The molecule has 1 aromatic rings. The molecule has 1 saturated heterocycles. The molecule has 0 spiro atoms. The Morgan fingerprint density at radius 2 is 2.10 bits per heavy atom. The first kappa shape index (κ1) is 14.3. The van der Waals surface area contributed by atoms with Crippen LogP contribution in [0.2, 0.25) is 0 Å². The van der Waals surface area contributed by atoms with E-state index in [2.05, 4.69) is 5.32 Å². The molecule has 1 unspecified atom stereocenters. The van der Waals surface area contributed by atoms with Crippen LogP contribution in [-0.2, 0) is 11.2 Å². The summed E-state index contributed by atoms with van der Waals surface area (Å²) in [6, 6.07) is 5.45. The molecule has 112 valence electrons. The van der Waals surface area contributed by atoms with Crippen molar-refractivity contribution >= 4 is 11.7 Å². The van der Waals surface area contributed by atoms with Crippen LogP contribution in [0.3, 0.4) is 0 Å². The Hall–Kier alpha value is -1.68. The Morgan fingerprint density at radius 1 is 1.29 bits per heavy atom. The summed E-state index contributed by atoms with van der Waals surface area (Å²) < 4.78 is 5.36. The minimum atomic E-state index is -0.278. The van der Waals surface area contributed by atoms with Crippen molar-refractivity contribution in [2.45, 2.75) is 44.6 Å². The van der Waals surface area contributed by atoms with Crippen LogP contribution < -0.4 is 5.32 Å². The number of hydrogen-bond donors (Lipinski definition) is 1. The van der Waals surface area contributed by atoms with Crippen molar-refractivity contribution in [3.8, 4) is 0 Å². The van der Waals surface area contributed by atoms with Crippen molar-refractivity contribution in [3.63, 3.8) is 0 Å². The summed E-state index contributed by atoms with van der Waals surface area (Å²) in [5, 5.41) is 3.06. The number of carbonyl (C=O) groups excluding carboxylic acids is 2. The maximum Gasteiger partial charge on any atom is 0.251 e. The van der Waals surface area contributed by atoms with Gasteiger partial charge in [-0.05, 0) is 50.3 Å². The van der Waals surface area contributed by atoms with E-state index >= 15 is 0 Å². The number of ketones is 1. The molecular formula is C17H21NO3. The number of hydrogen-bond acceptors (Lipinski definition) is 3. The van der Waals surface area contributed by atoms with Crippen LogP contribution in [0, 0.1) is 0 Å². The fraction of sp³-hybridized carbons (Fsp3) is 0.529. The topological polar surface area (TPSA) is 55.4 Å². The molecule has 0 radical (unpaired) electrons. The number of aryl methyl sites for hydroxylation is 1. The first-order chi connectivity index (χ1) is 10.1. The number of carbonyl (C=O) groups is 2. The molecule has 1 heterocycles. The normalized spacial score (nSPS) is 25.3. The van der Waals surface area contributed by atoms with Gasteiger partial charge in [0.1, 0.15) is 0 Å². The minimum absolute atomic E-state index is 0.0810. The minimum Gasteiger partial charge on any atom is -0.379 e. The maximum absolute atomic E-state index is 12.4. The standard InChI is InChI=1S/C17H21NO3/c1-17(8-9-21-11-17)18-16(20)13-6-7-14-12(10-13)4-2-3-5-15(14)19/h6-7,10H,2-5,8-9,11H2,1H3,(H,18,20). The van der Waals surface area contributed by atoms with Gasteiger partial charge in [0.25, 0.3) is 5.91 Å². The zero-order valence-corrected chi connectivity index (χ0v) is 12.4. The smallest absolute Gasteiger partial charge is 0.251 e. The molecule has 1 amide bonds. The SMILES string of the molecule is CC1(NC(=O)c2ccc3c(c2)CCCCC3=O)CCOC1. The monoisotopic (exact) mass is 287 g/mol. The van der Waals surface area contributed by atoms with Gasteiger partial charge in [0, 0.05) is 24.2 Å². The van der Waals surface area contributed by atoms with E-state index in [4.69, 9.17) is 4.74 Å². The number of amides is 1. The van der Waals surface area contributed by atoms with Crippen molar-refractivity contribution in [2.75, 3.05) is 13.2 Å². The zero-order chi connectivity index (χ0) is 14.9. The van der Waals surface area contributed by atoms with E-state index in [-0.39, 0.29) is 17.2 Å². The van der Waals surface area contributed by atoms with Crippen LogP contribution in [0.4, 0.5) is 0 Å². The highest BCUT2D eigenvalue weighted by molar-refractivity contribution is 6.00. The van der Waals surface area contributed by atoms with Gasteiger partial charge in [-0.3, -0.25) is 9.59 Å². The van der Waals surface area contributed by atoms with Gasteiger partial charge in [0.05, 0.1) is 12.1 Å². The fourth-order valence-corrected chi connectivity index (χ4v) is 3.06. The molecule has 3 rings (SSSR count). The van der Waals surface area contributed by atoms with E-state index < -0.39 is 0 Å². The number of ether oxygens (including phenoxy) is 1.